The Labute approximate surface area is 144 Å². The van der Waals surface area contributed by atoms with Gasteiger partial charge in [-0.2, -0.15) is 0 Å². The number of nitrogens with zero attached hydrogens (tertiary/aromatic N) is 2. The van der Waals surface area contributed by atoms with Crippen LogP contribution in [0, 0.1) is 0 Å². The summed E-state index contributed by atoms with van der Waals surface area (Å²) in [5.41, 5.74) is 0.950. The number of aliphatic carboxylic acids is 1. The van der Waals surface area contributed by atoms with Gasteiger partial charge in [0.2, 0.25) is 0 Å². The molecule has 1 aromatic rings. The molecule has 0 radical (unpaired) electrons. The molecule has 0 unspecified atom stereocenters. The highest BCUT2D eigenvalue weighted by Gasteiger charge is 2.33. The molecule has 3 rings (SSSR count). The number of carboxylic acid groups (broad SMARTS) is 1. The average Bonchev–Trinajstić information content (AvgIpc) is 3.09. The van der Waals surface area contributed by atoms with E-state index in [9.17, 15) is 9.59 Å². The molecule has 0 atom stereocenters. The Morgan fingerprint density at radius 3 is 2.83 bits per heavy atom. The first-order valence-corrected chi connectivity index (χ1v) is 8.92. The minimum Gasteiger partial charge on any atom is -0.480 e. The van der Waals surface area contributed by atoms with E-state index in [1.807, 2.05) is 6.07 Å². The number of thiocarbonyl (C=S) groups is 1. The predicted octanol–water partition coefficient (Wildman–Crippen LogP) is 3.28. The molecule has 1 N–H and O–H groups in total. The molecule has 1 saturated carbocycles. The quantitative estimate of drug-likeness (QED) is 0.667. The van der Waals surface area contributed by atoms with Crippen molar-refractivity contribution in [1.29, 1.82) is 0 Å². The lowest BCUT2D eigenvalue weighted by Crippen LogP contribution is -2.33. The van der Waals surface area contributed by atoms with Gasteiger partial charge in [0.05, 0.1) is 4.91 Å². The number of hydrogen-bond acceptors (Lipinski definition) is 4. The highest BCUT2D eigenvalue weighted by Crippen LogP contribution is 2.33. The molecule has 1 aromatic heterocycles. The maximum Gasteiger partial charge on any atom is 0.323 e. The summed E-state index contributed by atoms with van der Waals surface area (Å²) in [5.74, 6) is -1.39. The van der Waals surface area contributed by atoms with Crippen molar-refractivity contribution in [2.24, 2.45) is 0 Å². The largest absolute Gasteiger partial charge is 0.480 e. The zero-order chi connectivity index (χ0) is 16.4. The zero-order valence-electron chi connectivity index (χ0n) is 12.6. The highest BCUT2D eigenvalue weighted by atomic mass is 32.2. The van der Waals surface area contributed by atoms with Gasteiger partial charge in [-0.3, -0.25) is 14.5 Å². The SMILES string of the molecule is O=C(O)CN1C(=O)/C(=C/c2ccn(C3CCCCC3)c2)SC1=S. The predicted molar refractivity (Wildman–Crippen MR) is 94.1 cm³/mol. The lowest BCUT2D eigenvalue weighted by molar-refractivity contribution is -0.140. The molecular formula is C16H18N2O3S2. The molecule has 0 spiro atoms. The number of carboxylic acids is 1. The van der Waals surface area contributed by atoms with E-state index < -0.39 is 5.97 Å². The number of aromatic nitrogens is 1. The summed E-state index contributed by atoms with van der Waals surface area (Å²) >= 11 is 6.26. The number of rotatable bonds is 4. The van der Waals surface area contributed by atoms with Gasteiger partial charge in [0.1, 0.15) is 10.9 Å². The van der Waals surface area contributed by atoms with Gasteiger partial charge < -0.3 is 9.67 Å². The van der Waals surface area contributed by atoms with E-state index in [1.54, 1.807) is 6.08 Å². The fourth-order valence-corrected chi connectivity index (χ4v) is 4.30. The van der Waals surface area contributed by atoms with Gasteiger partial charge in [-0.15, -0.1) is 0 Å². The van der Waals surface area contributed by atoms with E-state index in [-0.39, 0.29) is 12.5 Å². The summed E-state index contributed by atoms with van der Waals surface area (Å²) < 4.78 is 2.53. The van der Waals surface area contributed by atoms with E-state index in [0.717, 1.165) is 22.2 Å². The minimum atomic E-state index is -1.06. The zero-order valence-corrected chi connectivity index (χ0v) is 14.2. The molecule has 122 valence electrons. The number of carbonyl (C=O) groups is 2. The van der Waals surface area contributed by atoms with Crippen LogP contribution in [0.3, 0.4) is 0 Å². The van der Waals surface area contributed by atoms with Crippen LogP contribution in [0.15, 0.2) is 23.4 Å². The fourth-order valence-electron chi connectivity index (χ4n) is 3.04. The fraction of sp³-hybridized carbons (Fsp3) is 0.438. The molecule has 0 aromatic carbocycles. The van der Waals surface area contributed by atoms with Crippen molar-refractivity contribution in [3.8, 4) is 0 Å². The van der Waals surface area contributed by atoms with E-state index in [4.69, 9.17) is 17.3 Å². The van der Waals surface area contributed by atoms with Crippen molar-refractivity contribution in [3.05, 3.63) is 28.9 Å². The molecule has 1 aliphatic heterocycles. The van der Waals surface area contributed by atoms with E-state index in [0.29, 0.717) is 15.3 Å². The van der Waals surface area contributed by atoms with Gasteiger partial charge in [-0.05, 0) is 30.5 Å². The molecule has 23 heavy (non-hydrogen) atoms. The van der Waals surface area contributed by atoms with Crippen molar-refractivity contribution in [2.45, 2.75) is 38.1 Å². The Morgan fingerprint density at radius 1 is 1.39 bits per heavy atom. The third-order valence-electron chi connectivity index (χ3n) is 4.20. The molecule has 1 aliphatic carbocycles. The van der Waals surface area contributed by atoms with Gasteiger partial charge in [0, 0.05) is 18.4 Å². The summed E-state index contributed by atoms with van der Waals surface area (Å²) in [6.45, 7) is -0.384. The Balaban J connectivity index is 1.74. The Kier molecular flexibility index (Phi) is 4.87. The number of amides is 1. The number of carbonyl (C=O) groups excluding carboxylic acids is 1. The van der Waals surface area contributed by atoms with E-state index in [1.165, 1.54) is 32.1 Å². The third kappa shape index (κ3) is 3.67. The topological polar surface area (TPSA) is 62.5 Å². The van der Waals surface area contributed by atoms with Crippen molar-refractivity contribution in [3.63, 3.8) is 0 Å². The van der Waals surface area contributed by atoms with Crippen molar-refractivity contribution < 1.29 is 14.7 Å². The van der Waals surface area contributed by atoms with Crippen LogP contribution in [0.4, 0.5) is 0 Å². The second-order valence-electron chi connectivity index (χ2n) is 5.85. The number of thioether (sulfide) groups is 1. The molecule has 0 bridgehead atoms. The highest BCUT2D eigenvalue weighted by molar-refractivity contribution is 8.26. The number of hydrogen-bond donors (Lipinski definition) is 1. The van der Waals surface area contributed by atoms with Gasteiger partial charge in [0.25, 0.3) is 5.91 Å². The van der Waals surface area contributed by atoms with Gasteiger partial charge in [-0.25, -0.2) is 0 Å². The van der Waals surface area contributed by atoms with Crippen LogP contribution in [-0.2, 0) is 9.59 Å². The van der Waals surface area contributed by atoms with Gasteiger partial charge in [-0.1, -0.05) is 43.2 Å². The third-order valence-corrected chi connectivity index (χ3v) is 5.58. The molecule has 2 heterocycles. The van der Waals surface area contributed by atoms with Crippen LogP contribution in [0.2, 0.25) is 0 Å². The first kappa shape index (κ1) is 16.3. The Hall–Kier alpha value is -1.60. The van der Waals surface area contributed by atoms with Crippen LogP contribution in [0.1, 0.15) is 43.7 Å². The van der Waals surface area contributed by atoms with Crippen molar-refractivity contribution in [1.82, 2.24) is 9.47 Å². The van der Waals surface area contributed by atoms with Crippen LogP contribution < -0.4 is 0 Å². The molecule has 1 saturated heterocycles. The van der Waals surface area contributed by atoms with Gasteiger partial charge in [0.15, 0.2) is 0 Å². The summed E-state index contributed by atoms with van der Waals surface area (Å²) in [7, 11) is 0. The van der Waals surface area contributed by atoms with Crippen molar-refractivity contribution >= 4 is 46.3 Å². The Morgan fingerprint density at radius 2 is 2.13 bits per heavy atom. The molecular weight excluding hydrogens is 332 g/mol. The summed E-state index contributed by atoms with van der Waals surface area (Å²) in [4.78, 5) is 24.7. The molecule has 7 heteroatoms. The lowest BCUT2D eigenvalue weighted by Gasteiger charge is -2.23. The molecule has 5 nitrogen and oxygen atoms in total. The second-order valence-corrected chi connectivity index (χ2v) is 7.52. The standard InChI is InChI=1S/C16H18N2O3S2/c19-14(20)10-18-15(21)13(23-16(18)22)8-11-6-7-17(9-11)12-4-2-1-3-5-12/h6-9,12H,1-5,10H2,(H,19,20)/b13-8-. The monoisotopic (exact) mass is 350 g/mol. The van der Waals surface area contributed by atoms with E-state index >= 15 is 0 Å². The second kappa shape index (κ2) is 6.88. The van der Waals surface area contributed by atoms with Crippen LogP contribution >= 0.6 is 24.0 Å². The summed E-state index contributed by atoms with van der Waals surface area (Å²) in [5, 5.41) is 8.85. The van der Waals surface area contributed by atoms with E-state index in [2.05, 4.69) is 17.0 Å². The van der Waals surface area contributed by atoms with Crippen LogP contribution in [0.5, 0.6) is 0 Å². The first-order valence-electron chi connectivity index (χ1n) is 7.69. The Bertz CT molecular complexity index is 675. The summed E-state index contributed by atoms with van der Waals surface area (Å²) in [6.07, 6.45) is 12.2. The molecule has 2 fully saturated rings. The van der Waals surface area contributed by atoms with Crippen LogP contribution in [-0.4, -0.2) is 37.3 Å². The average molecular weight is 350 g/mol. The van der Waals surface area contributed by atoms with Crippen LogP contribution in [0.25, 0.3) is 6.08 Å². The smallest absolute Gasteiger partial charge is 0.323 e. The maximum absolute atomic E-state index is 12.2. The molecule has 1 amide bonds. The summed E-state index contributed by atoms with van der Waals surface area (Å²) in [6, 6.07) is 2.53. The first-order chi connectivity index (χ1) is 11.0. The lowest BCUT2D eigenvalue weighted by atomic mass is 9.95. The van der Waals surface area contributed by atoms with Crippen molar-refractivity contribution in [2.75, 3.05) is 6.54 Å². The maximum atomic E-state index is 12.2. The normalized spacial score (nSPS) is 21.4. The molecule has 2 aliphatic rings. The minimum absolute atomic E-state index is 0.301. The van der Waals surface area contributed by atoms with Gasteiger partial charge >= 0.3 is 5.97 Å².